The number of carbonyl (C=O) groups excluding carboxylic acids is 5. The van der Waals surface area contributed by atoms with Gasteiger partial charge >= 0.3 is 18.0 Å². The van der Waals surface area contributed by atoms with E-state index in [1.807, 2.05) is 0 Å². The number of hydrogen-bond donors (Lipinski definition) is 2. The summed E-state index contributed by atoms with van der Waals surface area (Å²) in [5, 5.41) is 2.79. The highest BCUT2D eigenvalue weighted by Gasteiger charge is 2.53. The van der Waals surface area contributed by atoms with Crippen molar-refractivity contribution in [2.45, 2.75) is 72.8 Å². The van der Waals surface area contributed by atoms with Crippen LogP contribution < -0.4 is 5.32 Å². The summed E-state index contributed by atoms with van der Waals surface area (Å²) in [5.74, 6) is -1.92. The van der Waals surface area contributed by atoms with Crippen LogP contribution in [0, 0.1) is 25.2 Å². The molecule has 1 aromatic heterocycles. The zero-order chi connectivity index (χ0) is 26.1. The first-order valence-electron chi connectivity index (χ1n) is 12.0. The summed E-state index contributed by atoms with van der Waals surface area (Å²) in [5.41, 5.74) is 0.439. The average molecular weight is 490 g/mol. The monoisotopic (exact) mass is 489 g/mol. The minimum absolute atomic E-state index is 0.121. The van der Waals surface area contributed by atoms with Crippen molar-refractivity contribution in [3.63, 3.8) is 0 Å². The molecule has 2 fully saturated rings. The third kappa shape index (κ3) is 5.26. The molecule has 3 rings (SSSR count). The van der Waals surface area contributed by atoms with E-state index >= 15 is 0 Å². The van der Waals surface area contributed by atoms with E-state index in [9.17, 15) is 24.0 Å². The molecule has 1 saturated carbocycles. The lowest BCUT2D eigenvalue weighted by Gasteiger charge is -2.40. The lowest BCUT2D eigenvalue weighted by Crippen LogP contribution is -2.50. The number of ether oxygens (including phenoxy) is 2. The van der Waals surface area contributed by atoms with Gasteiger partial charge in [-0.2, -0.15) is 0 Å². The number of rotatable bonds is 7. The summed E-state index contributed by atoms with van der Waals surface area (Å²) in [7, 11) is 0. The fourth-order valence-corrected chi connectivity index (χ4v) is 5.07. The molecule has 0 radical (unpaired) electrons. The highest BCUT2D eigenvalue weighted by molar-refractivity contribution is 6.09. The highest BCUT2D eigenvalue weighted by Crippen LogP contribution is 2.43. The van der Waals surface area contributed by atoms with E-state index in [4.69, 9.17) is 9.47 Å². The molecule has 0 aromatic carbocycles. The van der Waals surface area contributed by atoms with Gasteiger partial charge in [0.2, 0.25) is 5.78 Å². The molecule has 0 unspecified atom stereocenters. The third-order valence-corrected chi connectivity index (χ3v) is 7.16. The SMILES string of the molecule is CCOC(=O)c1c(C)[nH]c(C(=O)COC(=O)CN2C(=O)NC3(CCC(C(C)(C)C)CC3)C2=O)c1C. The smallest absolute Gasteiger partial charge is 0.340 e. The Morgan fingerprint density at radius 1 is 1.09 bits per heavy atom. The van der Waals surface area contributed by atoms with Gasteiger partial charge in [-0.3, -0.25) is 19.3 Å². The molecule has 10 heteroatoms. The van der Waals surface area contributed by atoms with Crippen molar-refractivity contribution in [3.8, 4) is 0 Å². The Balaban J connectivity index is 1.58. The number of esters is 2. The van der Waals surface area contributed by atoms with Gasteiger partial charge in [0.25, 0.3) is 5.91 Å². The lowest BCUT2D eigenvalue weighted by atomic mass is 9.67. The maximum Gasteiger partial charge on any atom is 0.340 e. The van der Waals surface area contributed by atoms with E-state index in [2.05, 4.69) is 31.1 Å². The predicted octanol–water partition coefficient (Wildman–Crippen LogP) is 3.06. The Bertz CT molecular complexity index is 1040. The Morgan fingerprint density at radius 3 is 2.29 bits per heavy atom. The summed E-state index contributed by atoms with van der Waals surface area (Å²) in [6.07, 6.45) is 2.67. The zero-order valence-corrected chi connectivity index (χ0v) is 21.3. The number of aromatic amines is 1. The minimum Gasteiger partial charge on any atom is -0.462 e. The van der Waals surface area contributed by atoms with Crippen LogP contribution in [0.15, 0.2) is 0 Å². The largest absolute Gasteiger partial charge is 0.462 e. The number of nitrogens with one attached hydrogen (secondary N) is 2. The molecular formula is C25H35N3O7. The molecule has 1 aliphatic heterocycles. The predicted molar refractivity (Wildman–Crippen MR) is 126 cm³/mol. The second-order valence-electron chi connectivity index (χ2n) is 10.5. The Morgan fingerprint density at radius 2 is 1.71 bits per heavy atom. The van der Waals surface area contributed by atoms with Crippen molar-refractivity contribution in [2.24, 2.45) is 11.3 Å². The number of ketones is 1. The first-order valence-corrected chi connectivity index (χ1v) is 12.0. The maximum atomic E-state index is 13.1. The Hall–Kier alpha value is -3.17. The van der Waals surface area contributed by atoms with Crippen molar-refractivity contribution >= 4 is 29.7 Å². The first-order chi connectivity index (χ1) is 16.3. The van der Waals surface area contributed by atoms with Crippen LogP contribution in [0.5, 0.6) is 0 Å². The van der Waals surface area contributed by atoms with Crippen molar-refractivity contribution in [1.29, 1.82) is 0 Å². The second-order valence-corrected chi connectivity index (χ2v) is 10.5. The number of H-pyrrole nitrogens is 1. The van der Waals surface area contributed by atoms with E-state index in [1.54, 1.807) is 20.8 Å². The van der Waals surface area contributed by atoms with Gasteiger partial charge in [-0.15, -0.1) is 0 Å². The molecule has 1 aliphatic carbocycles. The van der Waals surface area contributed by atoms with Crippen molar-refractivity contribution in [1.82, 2.24) is 15.2 Å². The molecule has 35 heavy (non-hydrogen) atoms. The summed E-state index contributed by atoms with van der Waals surface area (Å²) in [6, 6.07) is -0.623. The van der Waals surface area contributed by atoms with Gasteiger partial charge in [0.05, 0.1) is 17.9 Å². The highest BCUT2D eigenvalue weighted by atomic mass is 16.5. The van der Waals surface area contributed by atoms with Crippen LogP contribution in [0.25, 0.3) is 0 Å². The molecular weight excluding hydrogens is 454 g/mol. The Kier molecular flexibility index (Phi) is 7.42. The number of hydrogen-bond acceptors (Lipinski definition) is 7. The van der Waals surface area contributed by atoms with Crippen molar-refractivity contribution < 1.29 is 33.4 Å². The standard InChI is InChI=1S/C25H35N3O7/c1-7-34-21(31)19-14(2)20(26-15(19)3)17(29)13-35-18(30)12-28-22(32)25(27-23(28)33)10-8-16(9-11-25)24(4,5)6/h16,26H,7-13H2,1-6H3,(H,27,33). The quantitative estimate of drug-likeness (QED) is 0.341. The van der Waals surface area contributed by atoms with Gasteiger partial charge in [-0.25, -0.2) is 9.59 Å². The molecule has 1 aromatic rings. The number of urea groups is 1. The van der Waals surface area contributed by atoms with Gasteiger partial charge in [0, 0.05) is 5.69 Å². The van der Waals surface area contributed by atoms with Crippen molar-refractivity contribution in [3.05, 3.63) is 22.5 Å². The van der Waals surface area contributed by atoms with Gasteiger partial charge in [-0.05, 0) is 63.4 Å². The van der Waals surface area contributed by atoms with Crippen LogP contribution in [0.3, 0.4) is 0 Å². The van der Waals surface area contributed by atoms with Gasteiger partial charge in [0.15, 0.2) is 6.61 Å². The number of carbonyl (C=O) groups is 5. The van der Waals surface area contributed by atoms with E-state index in [1.165, 1.54) is 0 Å². The molecule has 0 bridgehead atoms. The average Bonchev–Trinajstić information content (AvgIpc) is 3.19. The van der Waals surface area contributed by atoms with E-state index < -0.39 is 48.4 Å². The van der Waals surface area contributed by atoms with E-state index in [0.717, 1.165) is 17.7 Å². The summed E-state index contributed by atoms with van der Waals surface area (Å²) in [6.45, 7) is 10.5. The zero-order valence-electron chi connectivity index (χ0n) is 21.3. The van der Waals surface area contributed by atoms with Crippen LogP contribution in [0.4, 0.5) is 4.79 Å². The fraction of sp³-hybridized carbons (Fsp3) is 0.640. The summed E-state index contributed by atoms with van der Waals surface area (Å²) in [4.78, 5) is 66.4. The number of nitrogens with zero attached hydrogens (tertiary/aromatic N) is 1. The molecule has 2 aliphatic rings. The number of Topliss-reactive ketones (excluding diaryl/α,β-unsaturated/α-hetero) is 1. The van der Waals surface area contributed by atoms with Crippen LogP contribution in [-0.2, 0) is 19.1 Å². The minimum atomic E-state index is -0.975. The molecule has 10 nitrogen and oxygen atoms in total. The van der Waals surface area contributed by atoms with Gasteiger partial charge in [-0.1, -0.05) is 20.8 Å². The summed E-state index contributed by atoms with van der Waals surface area (Å²) >= 11 is 0. The molecule has 1 saturated heterocycles. The van der Waals surface area contributed by atoms with Crippen molar-refractivity contribution in [2.75, 3.05) is 19.8 Å². The normalized spacial score (nSPS) is 22.3. The van der Waals surface area contributed by atoms with Crippen LogP contribution in [0.2, 0.25) is 0 Å². The molecule has 0 atom stereocenters. The van der Waals surface area contributed by atoms with Crippen LogP contribution in [-0.4, -0.2) is 64.8 Å². The number of imide groups is 1. The topological polar surface area (TPSA) is 135 Å². The van der Waals surface area contributed by atoms with Crippen LogP contribution in [0.1, 0.15) is 85.5 Å². The van der Waals surface area contributed by atoms with Gasteiger partial charge < -0.3 is 19.8 Å². The first kappa shape index (κ1) is 26.4. The molecule has 192 valence electrons. The molecule has 3 amide bonds. The van der Waals surface area contributed by atoms with Gasteiger partial charge in [0.1, 0.15) is 12.1 Å². The second kappa shape index (κ2) is 9.83. The summed E-state index contributed by atoms with van der Waals surface area (Å²) < 4.78 is 10.1. The lowest BCUT2D eigenvalue weighted by molar-refractivity contribution is -0.147. The third-order valence-electron chi connectivity index (χ3n) is 7.16. The number of aryl methyl sites for hydroxylation is 1. The van der Waals surface area contributed by atoms with Crippen LogP contribution >= 0.6 is 0 Å². The molecule has 1 spiro atoms. The number of aromatic nitrogens is 1. The Labute approximate surface area is 205 Å². The number of amides is 3. The molecule has 2 heterocycles. The maximum absolute atomic E-state index is 13.1. The molecule has 2 N–H and O–H groups in total. The van der Waals surface area contributed by atoms with E-state index in [-0.39, 0.29) is 23.3 Å². The fourth-order valence-electron chi connectivity index (χ4n) is 5.07. The van der Waals surface area contributed by atoms with E-state index in [0.29, 0.717) is 30.0 Å².